The number of benzene rings is 1. The van der Waals surface area contributed by atoms with Gasteiger partial charge in [0.05, 0.1) is 10.6 Å². The van der Waals surface area contributed by atoms with E-state index in [9.17, 15) is 18.5 Å². The highest BCUT2D eigenvalue weighted by Crippen LogP contribution is 2.27. The predicted molar refractivity (Wildman–Crippen MR) is 76.7 cm³/mol. The molecular formula is C11H17N5O4S. The maximum atomic E-state index is 12.4. The molecule has 21 heavy (non-hydrogen) atoms. The summed E-state index contributed by atoms with van der Waals surface area (Å²) in [7, 11) is -4.03. The van der Waals surface area contributed by atoms with Crippen molar-refractivity contribution < 1.29 is 13.3 Å². The second-order valence-electron chi connectivity index (χ2n) is 4.73. The zero-order chi connectivity index (χ0) is 15.5. The predicted octanol–water partition coefficient (Wildman–Crippen LogP) is 0.560. The van der Waals surface area contributed by atoms with Gasteiger partial charge in [0.1, 0.15) is 0 Å². The summed E-state index contributed by atoms with van der Waals surface area (Å²) >= 11 is 0. The third kappa shape index (κ3) is 3.67. The van der Waals surface area contributed by atoms with E-state index in [1.54, 1.807) is 5.01 Å². The van der Waals surface area contributed by atoms with Gasteiger partial charge < -0.3 is 5.43 Å². The Labute approximate surface area is 122 Å². The Morgan fingerprint density at radius 1 is 1.24 bits per heavy atom. The molecule has 2 rings (SSSR count). The molecule has 0 atom stereocenters. The van der Waals surface area contributed by atoms with E-state index in [0.717, 1.165) is 31.4 Å². The molecule has 0 aliphatic carbocycles. The SMILES string of the molecule is NNc1ccc([N+](=O)[O-])c(S(=O)(=O)NN2CCCCC2)c1. The number of hydrogen-bond acceptors (Lipinski definition) is 7. The van der Waals surface area contributed by atoms with Crippen molar-refractivity contribution in [2.24, 2.45) is 5.84 Å². The summed E-state index contributed by atoms with van der Waals surface area (Å²) < 4.78 is 24.7. The number of nitro groups is 1. The van der Waals surface area contributed by atoms with E-state index < -0.39 is 25.5 Å². The number of piperidine rings is 1. The van der Waals surface area contributed by atoms with Crippen LogP contribution >= 0.6 is 0 Å². The topological polar surface area (TPSA) is 131 Å². The second-order valence-corrected chi connectivity index (χ2v) is 6.36. The lowest BCUT2D eigenvalue weighted by atomic mass is 10.2. The van der Waals surface area contributed by atoms with Crippen LogP contribution in [0.3, 0.4) is 0 Å². The number of sulfonamides is 1. The average Bonchev–Trinajstić information content (AvgIpc) is 2.47. The molecule has 1 fully saturated rings. The highest BCUT2D eigenvalue weighted by atomic mass is 32.2. The molecule has 1 aliphatic heterocycles. The van der Waals surface area contributed by atoms with Crippen LogP contribution < -0.4 is 16.1 Å². The van der Waals surface area contributed by atoms with Crippen molar-refractivity contribution in [3.05, 3.63) is 28.3 Å². The zero-order valence-corrected chi connectivity index (χ0v) is 12.1. The summed E-state index contributed by atoms with van der Waals surface area (Å²) in [6.07, 6.45) is 2.81. The van der Waals surface area contributed by atoms with Crippen LogP contribution in [0.1, 0.15) is 19.3 Å². The molecule has 1 aromatic rings. The number of nitrogens with zero attached hydrogens (tertiary/aromatic N) is 2. The van der Waals surface area contributed by atoms with Crippen LogP contribution in [0.5, 0.6) is 0 Å². The number of rotatable bonds is 5. The monoisotopic (exact) mass is 315 g/mol. The van der Waals surface area contributed by atoms with Crippen LogP contribution in [-0.2, 0) is 10.0 Å². The Kier molecular flexibility index (Phi) is 4.73. The lowest BCUT2D eigenvalue weighted by Crippen LogP contribution is -2.45. The van der Waals surface area contributed by atoms with Gasteiger partial charge in [-0.15, -0.1) is 4.83 Å². The molecule has 4 N–H and O–H groups in total. The molecule has 1 aliphatic rings. The van der Waals surface area contributed by atoms with Gasteiger partial charge in [-0.3, -0.25) is 16.0 Å². The van der Waals surface area contributed by atoms with Gasteiger partial charge in [-0.1, -0.05) is 6.42 Å². The molecule has 116 valence electrons. The highest BCUT2D eigenvalue weighted by Gasteiger charge is 2.28. The molecule has 1 aromatic carbocycles. The van der Waals surface area contributed by atoms with Crippen molar-refractivity contribution in [3.8, 4) is 0 Å². The summed E-state index contributed by atoms with van der Waals surface area (Å²) in [6.45, 7) is 1.17. The summed E-state index contributed by atoms with van der Waals surface area (Å²) in [5.41, 5.74) is 2.07. The standard InChI is InChI=1S/C11H17N5O4S/c12-13-9-4-5-10(16(17)18)11(8-9)21(19,20)14-15-6-2-1-3-7-15/h4-5,8,13-14H,1-3,6-7,12H2. The van der Waals surface area contributed by atoms with Crippen LogP contribution in [0.15, 0.2) is 23.1 Å². The molecular weight excluding hydrogens is 298 g/mol. The van der Waals surface area contributed by atoms with Crippen molar-refractivity contribution >= 4 is 21.4 Å². The van der Waals surface area contributed by atoms with E-state index in [0.29, 0.717) is 13.1 Å². The molecule has 9 nitrogen and oxygen atoms in total. The fourth-order valence-corrected chi connectivity index (χ4v) is 3.50. The first-order valence-corrected chi connectivity index (χ1v) is 7.95. The number of nitrogens with one attached hydrogen (secondary N) is 2. The van der Waals surface area contributed by atoms with Crippen LogP contribution in [0.4, 0.5) is 11.4 Å². The molecule has 0 unspecified atom stereocenters. The minimum Gasteiger partial charge on any atom is -0.324 e. The molecule has 1 heterocycles. The molecule has 0 aromatic heterocycles. The molecule has 0 saturated carbocycles. The van der Waals surface area contributed by atoms with E-state index in [4.69, 9.17) is 5.84 Å². The fourth-order valence-electron chi connectivity index (χ4n) is 2.17. The zero-order valence-electron chi connectivity index (χ0n) is 11.3. The summed E-state index contributed by atoms with van der Waals surface area (Å²) in [5, 5.41) is 12.6. The van der Waals surface area contributed by atoms with Gasteiger partial charge in [0.15, 0.2) is 4.90 Å². The maximum absolute atomic E-state index is 12.4. The molecule has 0 amide bonds. The van der Waals surface area contributed by atoms with Gasteiger partial charge in [0.2, 0.25) is 0 Å². The van der Waals surface area contributed by atoms with Crippen molar-refractivity contribution in [1.82, 2.24) is 9.84 Å². The molecule has 0 radical (unpaired) electrons. The normalized spacial score (nSPS) is 16.6. The number of hydrazine groups is 2. The van der Waals surface area contributed by atoms with E-state index in [2.05, 4.69) is 10.3 Å². The van der Waals surface area contributed by atoms with E-state index >= 15 is 0 Å². The smallest absolute Gasteiger partial charge is 0.289 e. The van der Waals surface area contributed by atoms with Gasteiger partial charge in [0, 0.05) is 19.2 Å². The van der Waals surface area contributed by atoms with E-state index in [-0.39, 0.29) is 5.69 Å². The maximum Gasteiger partial charge on any atom is 0.289 e. The summed E-state index contributed by atoms with van der Waals surface area (Å²) in [6, 6.07) is 3.60. The first kappa shape index (κ1) is 15.6. The number of hydrogen-bond donors (Lipinski definition) is 3. The van der Waals surface area contributed by atoms with Crippen LogP contribution in [0.2, 0.25) is 0 Å². The summed E-state index contributed by atoms with van der Waals surface area (Å²) in [4.78, 5) is 12.3. The van der Waals surface area contributed by atoms with Gasteiger partial charge in [0.25, 0.3) is 15.7 Å². The van der Waals surface area contributed by atoms with Gasteiger partial charge in [-0.25, -0.2) is 13.4 Å². The third-order valence-electron chi connectivity index (χ3n) is 3.22. The van der Waals surface area contributed by atoms with Gasteiger partial charge in [-0.2, -0.15) is 0 Å². The number of anilines is 1. The van der Waals surface area contributed by atoms with Crippen molar-refractivity contribution in [2.45, 2.75) is 24.2 Å². The first-order valence-electron chi connectivity index (χ1n) is 6.46. The highest BCUT2D eigenvalue weighted by molar-refractivity contribution is 7.89. The Balaban J connectivity index is 2.35. The Morgan fingerprint density at radius 2 is 1.90 bits per heavy atom. The van der Waals surface area contributed by atoms with Crippen LogP contribution in [0.25, 0.3) is 0 Å². The van der Waals surface area contributed by atoms with Crippen molar-refractivity contribution in [3.63, 3.8) is 0 Å². The number of nitrogens with two attached hydrogens (primary N) is 1. The lowest BCUT2D eigenvalue weighted by molar-refractivity contribution is -0.387. The largest absolute Gasteiger partial charge is 0.324 e. The first-order chi connectivity index (χ1) is 9.94. The minimum atomic E-state index is -4.03. The van der Waals surface area contributed by atoms with Crippen molar-refractivity contribution in [1.29, 1.82) is 0 Å². The Hall–Kier alpha value is -1.75. The van der Waals surface area contributed by atoms with Crippen LogP contribution in [-0.4, -0.2) is 31.4 Å². The fraction of sp³-hybridized carbons (Fsp3) is 0.455. The van der Waals surface area contributed by atoms with Crippen molar-refractivity contribution in [2.75, 3.05) is 18.5 Å². The van der Waals surface area contributed by atoms with Gasteiger partial charge >= 0.3 is 0 Å². The quantitative estimate of drug-likeness (QED) is 0.411. The molecule has 10 heteroatoms. The molecule has 0 spiro atoms. The molecule has 0 bridgehead atoms. The second kappa shape index (κ2) is 6.35. The third-order valence-corrected chi connectivity index (χ3v) is 4.62. The number of nitro benzene ring substituents is 1. The lowest BCUT2D eigenvalue weighted by Gasteiger charge is -2.26. The summed E-state index contributed by atoms with van der Waals surface area (Å²) in [5.74, 6) is 5.23. The van der Waals surface area contributed by atoms with Crippen LogP contribution in [0, 0.1) is 10.1 Å². The Bertz CT molecular complexity index is 628. The van der Waals surface area contributed by atoms with Gasteiger partial charge in [-0.05, 0) is 25.0 Å². The van der Waals surface area contributed by atoms with E-state index in [1.165, 1.54) is 6.07 Å². The average molecular weight is 315 g/mol. The number of nitrogen functional groups attached to an aromatic ring is 1. The minimum absolute atomic E-state index is 0.277. The molecule has 1 saturated heterocycles. The Morgan fingerprint density at radius 3 is 2.48 bits per heavy atom. The van der Waals surface area contributed by atoms with E-state index in [1.807, 2.05) is 0 Å².